The van der Waals surface area contributed by atoms with Gasteiger partial charge in [-0.1, -0.05) is 19.3 Å². The fraction of sp³-hybridized carbons (Fsp3) is 0.857. The number of nitrogens with zero attached hydrogens (tertiary/aromatic N) is 1. The topological polar surface area (TPSA) is 69.6 Å². The van der Waals surface area contributed by atoms with Crippen LogP contribution >= 0.6 is 0 Å². The van der Waals surface area contributed by atoms with E-state index in [-0.39, 0.29) is 6.03 Å². The van der Waals surface area contributed by atoms with Crippen LogP contribution < -0.4 is 5.32 Å². The highest BCUT2D eigenvalue weighted by Gasteiger charge is 2.36. The van der Waals surface area contributed by atoms with Gasteiger partial charge in [-0.3, -0.25) is 4.79 Å². The summed E-state index contributed by atoms with van der Waals surface area (Å²) in [6.07, 6.45) is 8.73. The van der Waals surface area contributed by atoms with Crippen molar-refractivity contribution >= 4 is 12.0 Å². The Morgan fingerprint density at radius 3 is 2.21 bits per heavy atom. The summed E-state index contributed by atoms with van der Waals surface area (Å²) in [5.74, 6) is -0.992. The van der Waals surface area contributed by atoms with Crippen LogP contribution in [0.3, 0.4) is 0 Å². The van der Waals surface area contributed by atoms with Crippen molar-refractivity contribution in [1.82, 2.24) is 10.2 Å². The molecule has 2 N–H and O–H groups in total. The number of nitrogens with one attached hydrogen (secondary N) is 1. The molecule has 1 saturated carbocycles. The van der Waals surface area contributed by atoms with Crippen molar-refractivity contribution in [2.24, 2.45) is 5.41 Å². The van der Waals surface area contributed by atoms with Crippen molar-refractivity contribution in [3.8, 4) is 0 Å². The second-order valence-electron chi connectivity index (χ2n) is 6.06. The third-order valence-electron chi connectivity index (χ3n) is 4.74. The summed E-state index contributed by atoms with van der Waals surface area (Å²) >= 11 is 0. The molecule has 2 aliphatic rings. The van der Waals surface area contributed by atoms with Gasteiger partial charge in [0.15, 0.2) is 0 Å². The molecule has 2 rings (SSSR count). The predicted octanol–water partition coefficient (Wildman–Crippen LogP) is 2.22. The second-order valence-corrected chi connectivity index (χ2v) is 6.06. The van der Waals surface area contributed by atoms with Gasteiger partial charge in [0.1, 0.15) is 6.04 Å². The molecule has 5 nitrogen and oxygen atoms in total. The van der Waals surface area contributed by atoms with Crippen LogP contribution in [0.5, 0.6) is 0 Å². The van der Waals surface area contributed by atoms with E-state index in [9.17, 15) is 9.59 Å². The molecule has 1 saturated heterocycles. The Balaban J connectivity index is 1.82. The molecule has 0 radical (unpaired) electrons. The number of carbonyl (C=O) groups is 2. The summed E-state index contributed by atoms with van der Waals surface area (Å²) in [6, 6.07) is -1.06. The monoisotopic (exact) mass is 268 g/mol. The smallest absolute Gasteiger partial charge is 0.325 e. The fourth-order valence-corrected chi connectivity index (χ4v) is 3.32. The van der Waals surface area contributed by atoms with E-state index >= 15 is 0 Å². The number of aliphatic carboxylic acids is 1. The molecular formula is C14H24N2O3. The maximum absolute atomic E-state index is 11.9. The molecule has 0 bridgehead atoms. The van der Waals surface area contributed by atoms with Gasteiger partial charge < -0.3 is 15.3 Å². The average molecular weight is 268 g/mol. The van der Waals surface area contributed by atoms with Gasteiger partial charge in [-0.05, 0) is 38.0 Å². The van der Waals surface area contributed by atoms with Crippen LogP contribution in [0, 0.1) is 5.41 Å². The number of hydrogen-bond donors (Lipinski definition) is 2. The molecule has 1 aliphatic carbocycles. The predicted molar refractivity (Wildman–Crippen MR) is 72.0 cm³/mol. The molecule has 0 aromatic carbocycles. The Morgan fingerprint density at radius 1 is 1.11 bits per heavy atom. The molecule has 0 aromatic rings. The maximum Gasteiger partial charge on any atom is 0.325 e. The Morgan fingerprint density at radius 2 is 1.68 bits per heavy atom. The number of rotatable bonds is 2. The molecule has 19 heavy (non-hydrogen) atoms. The van der Waals surface area contributed by atoms with Crippen molar-refractivity contribution in [2.45, 2.75) is 57.9 Å². The standard InChI is InChI=1S/C14H24N2O3/c1-11(12(17)18)15-13(19)16-9-7-14(8-10-16)5-3-2-4-6-14/h11H,2-10H2,1H3,(H,15,19)(H,17,18)/t11-/m1/s1. The van der Waals surface area contributed by atoms with Crippen LogP contribution in [-0.4, -0.2) is 41.1 Å². The molecular weight excluding hydrogens is 244 g/mol. The second kappa shape index (κ2) is 5.80. The molecule has 1 spiro atoms. The zero-order valence-corrected chi connectivity index (χ0v) is 11.7. The van der Waals surface area contributed by atoms with Gasteiger partial charge in [-0.15, -0.1) is 0 Å². The first-order valence-corrected chi connectivity index (χ1v) is 7.31. The highest BCUT2D eigenvalue weighted by molar-refractivity contribution is 5.82. The Labute approximate surface area is 114 Å². The number of amides is 2. The van der Waals surface area contributed by atoms with Crippen LogP contribution in [0.15, 0.2) is 0 Å². The third kappa shape index (κ3) is 3.39. The number of piperidine rings is 1. The first-order chi connectivity index (χ1) is 9.02. The van der Waals surface area contributed by atoms with Crippen LogP contribution in [-0.2, 0) is 4.79 Å². The molecule has 0 unspecified atom stereocenters. The third-order valence-corrected chi connectivity index (χ3v) is 4.74. The number of likely N-dealkylation sites (tertiary alicyclic amines) is 1. The first-order valence-electron chi connectivity index (χ1n) is 7.31. The van der Waals surface area contributed by atoms with E-state index in [2.05, 4.69) is 5.32 Å². The normalized spacial score (nSPS) is 23.9. The maximum atomic E-state index is 11.9. The van der Waals surface area contributed by atoms with Gasteiger partial charge in [-0.25, -0.2) is 4.79 Å². The van der Waals surface area contributed by atoms with Crippen molar-refractivity contribution in [3.63, 3.8) is 0 Å². The van der Waals surface area contributed by atoms with E-state index in [0.29, 0.717) is 5.41 Å². The Bertz CT molecular complexity index is 341. The van der Waals surface area contributed by atoms with E-state index in [0.717, 1.165) is 25.9 Å². The van der Waals surface area contributed by atoms with Gasteiger partial charge in [-0.2, -0.15) is 0 Å². The summed E-state index contributed by atoms with van der Waals surface area (Å²) in [4.78, 5) is 24.4. The lowest BCUT2D eigenvalue weighted by molar-refractivity contribution is -0.138. The lowest BCUT2D eigenvalue weighted by atomic mass is 9.68. The number of hydrogen-bond acceptors (Lipinski definition) is 2. The number of carboxylic acid groups (broad SMARTS) is 1. The molecule has 1 aliphatic heterocycles. The molecule has 2 fully saturated rings. The summed E-state index contributed by atoms with van der Waals surface area (Å²) in [5, 5.41) is 11.3. The van der Waals surface area contributed by atoms with Crippen molar-refractivity contribution < 1.29 is 14.7 Å². The minimum Gasteiger partial charge on any atom is -0.480 e. The van der Waals surface area contributed by atoms with Crippen molar-refractivity contribution in [2.75, 3.05) is 13.1 Å². The van der Waals surface area contributed by atoms with Gasteiger partial charge in [0, 0.05) is 13.1 Å². The molecule has 1 heterocycles. The number of carbonyl (C=O) groups excluding carboxylic acids is 1. The van der Waals surface area contributed by atoms with Crippen LogP contribution in [0.25, 0.3) is 0 Å². The summed E-state index contributed by atoms with van der Waals surface area (Å²) in [5.41, 5.74) is 0.466. The average Bonchev–Trinajstić information content (AvgIpc) is 2.40. The van der Waals surface area contributed by atoms with E-state index < -0.39 is 12.0 Å². The van der Waals surface area contributed by atoms with E-state index in [1.54, 1.807) is 4.90 Å². The van der Waals surface area contributed by atoms with Gasteiger partial charge in [0.05, 0.1) is 0 Å². The van der Waals surface area contributed by atoms with E-state index in [1.165, 1.54) is 39.0 Å². The largest absolute Gasteiger partial charge is 0.480 e. The van der Waals surface area contributed by atoms with E-state index in [4.69, 9.17) is 5.11 Å². The highest BCUT2D eigenvalue weighted by atomic mass is 16.4. The molecule has 1 atom stereocenters. The Hall–Kier alpha value is -1.26. The number of urea groups is 1. The number of carboxylic acids is 1. The van der Waals surface area contributed by atoms with Gasteiger partial charge in [0.25, 0.3) is 0 Å². The minimum atomic E-state index is -0.992. The van der Waals surface area contributed by atoms with Crippen molar-refractivity contribution in [3.05, 3.63) is 0 Å². The summed E-state index contributed by atoms with van der Waals surface area (Å²) in [6.45, 7) is 3.02. The molecule has 2 amide bonds. The minimum absolute atomic E-state index is 0.236. The molecule has 5 heteroatoms. The van der Waals surface area contributed by atoms with E-state index in [1.807, 2.05) is 0 Å². The lowest BCUT2D eigenvalue weighted by Gasteiger charge is -2.44. The zero-order valence-electron chi connectivity index (χ0n) is 11.7. The van der Waals surface area contributed by atoms with Gasteiger partial charge >= 0.3 is 12.0 Å². The SMILES string of the molecule is C[C@@H](NC(=O)N1CCC2(CCCCC2)CC1)C(=O)O. The van der Waals surface area contributed by atoms with Crippen LogP contribution in [0.2, 0.25) is 0 Å². The zero-order chi connectivity index (χ0) is 13.9. The highest BCUT2D eigenvalue weighted by Crippen LogP contribution is 2.44. The summed E-state index contributed by atoms with van der Waals surface area (Å²) in [7, 11) is 0. The Kier molecular flexibility index (Phi) is 4.32. The quantitative estimate of drug-likeness (QED) is 0.806. The fourth-order valence-electron chi connectivity index (χ4n) is 3.32. The van der Waals surface area contributed by atoms with Crippen LogP contribution in [0.1, 0.15) is 51.9 Å². The van der Waals surface area contributed by atoms with Crippen molar-refractivity contribution in [1.29, 1.82) is 0 Å². The van der Waals surface area contributed by atoms with Gasteiger partial charge in [0.2, 0.25) is 0 Å². The molecule has 108 valence electrons. The first kappa shape index (κ1) is 14.2. The lowest BCUT2D eigenvalue weighted by Crippen LogP contribution is -2.51. The molecule has 0 aromatic heterocycles. The van der Waals surface area contributed by atoms with Crippen LogP contribution in [0.4, 0.5) is 4.79 Å². The summed E-state index contributed by atoms with van der Waals surface area (Å²) < 4.78 is 0.